The van der Waals surface area contributed by atoms with Gasteiger partial charge < -0.3 is 28.7 Å². The number of carbonyl (C=O) groups excluding carboxylic acids is 2. The molecule has 1 saturated carbocycles. The van der Waals surface area contributed by atoms with Crippen LogP contribution in [0.2, 0.25) is 0 Å². The van der Waals surface area contributed by atoms with E-state index in [0.29, 0.717) is 55.8 Å². The summed E-state index contributed by atoms with van der Waals surface area (Å²) in [7, 11) is -1.75. The molecular weight excluding hydrogens is 587 g/mol. The summed E-state index contributed by atoms with van der Waals surface area (Å²) in [5.74, 6) is 0.519. The van der Waals surface area contributed by atoms with Crippen LogP contribution in [-0.2, 0) is 24.1 Å². The molecule has 15 heteroatoms. The van der Waals surface area contributed by atoms with Gasteiger partial charge in [0.15, 0.2) is 0 Å². The van der Waals surface area contributed by atoms with Gasteiger partial charge in [-0.25, -0.2) is 22.5 Å². The van der Waals surface area contributed by atoms with Crippen molar-refractivity contribution in [1.82, 2.24) is 23.7 Å². The van der Waals surface area contributed by atoms with Crippen molar-refractivity contribution in [3.05, 3.63) is 18.3 Å². The van der Waals surface area contributed by atoms with Crippen LogP contribution in [0.3, 0.4) is 0 Å². The lowest BCUT2D eigenvalue weighted by molar-refractivity contribution is 0.00578. The van der Waals surface area contributed by atoms with E-state index in [4.69, 9.17) is 14.0 Å². The lowest BCUT2D eigenvalue weighted by atomic mass is 9.80. The molecular formula is C29H45BN6O7S. The minimum absolute atomic E-state index is 0.0657. The Morgan fingerprint density at radius 1 is 0.977 bits per heavy atom. The molecule has 0 unspecified atom stereocenters. The number of piperazine rings is 1. The minimum atomic E-state index is -4.38. The lowest BCUT2D eigenvalue weighted by Gasteiger charge is -2.37. The molecule has 3 fully saturated rings. The Morgan fingerprint density at radius 2 is 1.55 bits per heavy atom. The second kappa shape index (κ2) is 10.5. The van der Waals surface area contributed by atoms with Gasteiger partial charge in [0.2, 0.25) is 0 Å². The van der Waals surface area contributed by atoms with Crippen molar-refractivity contribution < 1.29 is 32.1 Å². The number of fused-ring (bicyclic) bond motifs is 1. The van der Waals surface area contributed by atoms with Crippen LogP contribution in [0.5, 0.6) is 0 Å². The van der Waals surface area contributed by atoms with Crippen molar-refractivity contribution in [2.45, 2.75) is 95.5 Å². The number of aromatic nitrogens is 2. The first-order chi connectivity index (χ1) is 20.2. The van der Waals surface area contributed by atoms with Crippen LogP contribution in [0.25, 0.3) is 5.52 Å². The van der Waals surface area contributed by atoms with Crippen molar-refractivity contribution in [1.29, 1.82) is 0 Å². The van der Waals surface area contributed by atoms with E-state index in [1.165, 1.54) is 11.0 Å². The highest BCUT2D eigenvalue weighted by atomic mass is 32.2. The number of carbonyl (C=O) groups is 2. The molecule has 4 heterocycles. The summed E-state index contributed by atoms with van der Waals surface area (Å²) < 4.78 is 49.7. The normalized spacial score (nSPS) is 21.0. The molecule has 0 N–H and O–H groups in total. The van der Waals surface area contributed by atoms with Gasteiger partial charge in [-0.3, -0.25) is 0 Å². The van der Waals surface area contributed by atoms with Crippen molar-refractivity contribution in [2.24, 2.45) is 0 Å². The number of sulfonamides is 1. The standard InChI is InChI=1S/C29H45BN6O7S/c1-26(2,3)41-25(38)36(29(8)11-12-29)44(39,40)20-17-22-21(30-42-27(4,5)28(6,7)43-30)19-31-35(22)23(18-20)33-13-15-34(16-14-33)24(37)32(9)10/h17-19H,11-16H2,1-10H3. The maximum atomic E-state index is 14.5. The van der Waals surface area contributed by atoms with Crippen LogP contribution < -0.4 is 10.4 Å². The van der Waals surface area contributed by atoms with Gasteiger partial charge in [0.25, 0.3) is 10.0 Å². The Balaban J connectivity index is 1.62. The monoisotopic (exact) mass is 632 g/mol. The summed E-state index contributed by atoms with van der Waals surface area (Å²) in [6, 6.07) is 3.00. The summed E-state index contributed by atoms with van der Waals surface area (Å²) in [4.78, 5) is 31.3. The third-order valence-corrected chi connectivity index (χ3v) is 10.8. The molecule has 13 nitrogen and oxygen atoms in total. The minimum Gasteiger partial charge on any atom is -0.443 e. The van der Waals surface area contributed by atoms with Gasteiger partial charge in [0, 0.05) is 58.0 Å². The smallest absolute Gasteiger partial charge is 0.443 e. The fourth-order valence-corrected chi connectivity index (χ4v) is 7.12. The van der Waals surface area contributed by atoms with Crippen molar-refractivity contribution in [3.63, 3.8) is 0 Å². The van der Waals surface area contributed by atoms with Gasteiger partial charge in [0.1, 0.15) is 11.4 Å². The molecule has 2 aromatic heterocycles. The summed E-state index contributed by atoms with van der Waals surface area (Å²) in [6.45, 7) is 16.5. The number of rotatable bonds is 5. The molecule has 3 amide bonds. The van der Waals surface area contributed by atoms with E-state index < -0.39 is 45.6 Å². The molecule has 242 valence electrons. The quantitative estimate of drug-likeness (QED) is 0.458. The first-order valence-corrected chi connectivity index (χ1v) is 16.5. The van der Waals surface area contributed by atoms with E-state index in [9.17, 15) is 18.0 Å². The Labute approximate surface area is 260 Å². The molecule has 0 atom stereocenters. The number of nitrogens with zero attached hydrogens (tertiary/aromatic N) is 6. The third kappa shape index (κ3) is 5.73. The predicted molar refractivity (Wildman–Crippen MR) is 167 cm³/mol. The predicted octanol–water partition coefficient (Wildman–Crippen LogP) is 2.92. The summed E-state index contributed by atoms with van der Waals surface area (Å²) in [5.41, 5.74) is -1.96. The van der Waals surface area contributed by atoms with Crippen LogP contribution in [0.1, 0.15) is 68.2 Å². The van der Waals surface area contributed by atoms with E-state index >= 15 is 0 Å². The zero-order valence-electron chi connectivity index (χ0n) is 27.5. The number of pyridine rings is 1. The van der Waals surface area contributed by atoms with E-state index in [-0.39, 0.29) is 10.9 Å². The molecule has 0 bridgehead atoms. The van der Waals surface area contributed by atoms with Crippen LogP contribution in [0.4, 0.5) is 15.4 Å². The average Bonchev–Trinajstić information content (AvgIpc) is 3.39. The SMILES string of the molecule is CN(C)C(=O)N1CCN(c2cc(S(=O)(=O)N(C(=O)OC(C)(C)C)C3(C)CC3)cc3c(B4OC(C)(C)C(C)(C)O4)cnn23)CC1. The Kier molecular flexibility index (Phi) is 7.73. The van der Waals surface area contributed by atoms with Gasteiger partial charge in [-0.05, 0) is 74.3 Å². The number of hydrogen-bond acceptors (Lipinski definition) is 9. The second-order valence-corrected chi connectivity index (χ2v) is 16.2. The van der Waals surface area contributed by atoms with E-state index in [0.717, 1.165) is 4.31 Å². The first-order valence-electron chi connectivity index (χ1n) is 15.0. The molecule has 44 heavy (non-hydrogen) atoms. The highest BCUT2D eigenvalue weighted by Crippen LogP contribution is 2.45. The highest BCUT2D eigenvalue weighted by molar-refractivity contribution is 7.89. The summed E-state index contributed by atoms with van der Waals surface area (Å²) >= 11 is 0. The highest BCUT2D eigenvalue weighted by Gasteiger charge is 2.55. The van der Waals surface area contributed by atoms with E-state index in [1.54, 1.807) is 63.5 Å². The Morgan fingerprint density at radius 3 is 2.05 bits per heavy atom. The lowest BCUT2D eigenvalue weighted by Crippen LogP contribution is -2.52. The molecule has 2 saturated heterocycles. The van der Waals surface area contributed by atoms with Crippen LogP contribution >= 0.6 is 0 Å². The van der Waals surface area contributed by atoms with Crippen LogP contribution in [0, 0.1) is 0 Å². The fraction of sp³-hybridized carbons (Fsp3) is 0.690. The number of urea groups is 1. The molecule has 0 spiro atoms. The van der Waals surface area contributed by atoms with Crippen molar-refractivity contribution in [3.8, 4) is 0 Å². The molecule has 5 rings (SSSR count). The van der Waals surface area contributed by atoms with E-state index in [2.05, 4.69) is 5.10 Å². The van der Waals surface area contributed by atoms with Crippen LogP contribution in [-0.4, -0.2) is 114 Å². The fourth-order valence-electron chi connectivity index (χ4n) is 5.40. The summed E-state index contributed by atoms with van der Waals surface area (Å²) in [6.07, 6.45) is 1.80. The van der Waals surface area contributed by atoms with Gasteiger partial charge in [0.05, 0.1) is 27.2 Å². The van der Waals surface area contributed by atoms with Gasteiger partial charge in [-0.2, -0.15) is 9.40 Å². The summed E-state index contributed by atoms with van der Waals surface area (Å²) in [5, 5.41) is 4.66. The van der Waals surface area contributed by atoms with Crippen LogP contribution in [0.15, 0.2) is 23.2 Å². The van der Waals surface area contributed by atoms with Crippen molar-refractivity contribution in [2.75, 3.05) is 45.2 Å². The zero-order chi connectivity index (χ0) is 32.6. The Hall–Kier alpha value is -3.04. The topological polar surface area (TPSA) is 126 Å². The van der Waals surface area contributed by atoms with Gasteiger partial charge in [-0.15, -0.1) is 0 Å². The molecule has 0 radical (unpaired) electrons. The second-order valence-electron chi connectivity index (χ2n) is 14.4. The number of amides is 3. The van der Waals surface area contributed by atoms with E-state index in [1.807, 2.05) is 32.6 Å². The molecule has 2 aliphatic heterocycles. The van der Waals surface area contributed by atoms with Gasteiger partial charge in [-0.1, -0.05) is 0 Å². The van der Waals surface area contributed by atoms with Gasteiger partial charge >= 0.3 is 19.2 Å². The molecule has 3 aliphatic rings. The third-order valence-electron chi connectivity index (χ3n) is 8.93. The maximum absolute atomic E-state index is 14.5. The first kappa shape index (κ1) is 32.4. The number of anilines is 1. The maximum Gasteiger partial charge on any atom is 0.498 e. The average molecular weight is 633 g/mol. The van der Waals surface area contributed by atoms with Crippen molar-refractivity contribution >= 4 is 46.1 Å². The molecule has 0 aromatic carbocycles. The number of hydrogen-bond donors (Lipinski definition) is 0. The molecule has 1 aliphatic carbocycles. The Bertz CT molecular complexity index is 1550. The molecule has 2 aromatic rings. The largest absolute Gasteiger partial charge is 0.498 e. The number of ether oxygens (including phenoxy) is 1. The zero-order valence-corrected chi connectivity index (χ0v) is 28.3.